The lowest BCUT2D eigenvalue weighted by atomic mass is 10.1. The first-order chi connectivity index (χ1) is 8.54. The summed E-state index contributed by atoms with van der Waals surface area (Å²) in [4.78, 5) is 4.09. The lowest BCUT2D eigenvalue weighted by Crippen LogP contribution is -2.13. The second kappa shape index (κ2) is 4.75. The van der Waals surface area contributed by atoms with Crippen LogP contribution < -0.4 is 9.88 Å². The zero-order chi connectivity index (χ0) is 13.2. The van der Waals surface area contributed by atoms with Gasteiger partial charge in [0.2, 0.25) is 15.9 Å². The molecule has 0 fully saturated rings. The quantitative estimate of drug-likeness (QED) is 0.908. The second-order valence-corrected chi connectivity index (χ2v) is 5.13. The number of hydrogen-bond donors (Lipinski definition) is 1. The van der Waals surface area contributed by atoms with Gasteiger partial charge in [-0.3, -0.25) is 0 Å². The average molecular weight is 264 g/mol. The minimum Gasteiger partial charge on any atom is -0.481 e. The van der Waals surface area contributed by atoms with E-state index in [9.17, 15) is 8.42 Å². The number of primary sulfonamides is 1. The van der Waals surface area contributed by atoms with Gasteiger partial charge in [0.1, 0.15) is 0 Å². The van der Waals surface area contributed by atoms with Crippen LogP contribution in [0.25, 0.3) is 11.1 Å². The van der Waals surface area contributed by atoms with Crippen LogP contribution in [0.2, 0.25) is 0 Å². The Labute approximate surface area is 105 Å². The molecule has 18 heavy (non-hydrogen) atoms. The van der Waals surface area contributed by atoms with E-state index in [1.54, 1.807) is 36.5 Å². The second-order valence-electron chi connectivity index (χ2n) is 3.60. The van der Waals surface area contributed by atoms with E-state index in [4.69, 9.17) is 9.88 Å². The van der Waals surface area contributed by atoms with Crippen LogP contribution >= 0.6 is 0 Å². The third-order valence-corrected chi connectivity index (χ3v) is 3.42. The summed E-state index contributed by atoms with van der Waals surface area (Å²) in [5.74, 6) is 0.355. The third kappa shape index (κ3) is 2.34. The molecule has 6 heteroatoms. The summed E-state index contributed by atoms with van der Waals surface area (Å²) >= 11 is 0. The molecule has 0 atom stereocenters. The lowest BCUT2D eigenvalue weighted by molar-refractivity contribution is 0.399. The molecule has 5 nitrogen and oxygen atoms in total. The number of benzene rings is 1. The standard InChI is InChI=1S/C12H12N2O3S/c1-17-12-10(6-4-8-14-12)9-5-2-3-7-11(9)18(13,15)16/h2-8H,1H3,(H2,13,15,16). The number of aromatic nitrogens is 1. The van der Waals surface area contributed by atoms with Crippen LogP contribution in [0.15, 0.2) is 47.5 Å². The van der Waals surface area contributed by atoms with Crippen molar-refractivity contribution in [2.45, 2.75) is 4.90 Å². The highest BCUT2D eigenvalue weighted by molar-refractivity contribution is 7.89. The highest BCUT2D eigenvalue weighted by Gasteiger charge is 2.17. The van der Waals surface area contributed by atoms with E-state index in [1.807, 2.05) is 0 Å². The molecule has 1 heterocycles. The molecule has 1 aromatic heterocycles. The van der Waals surface area contributed by atoms with Gasteiger partial charge in [-0.2, -0.15) is 0 Å². The highest BCUT2D eigenvalue weighted by Crippen LogP contribution is 2.31. The molecule has 0 radical (unpaired) electrons. The number of methoxy groups -OCH3 is 1. The molecule has 0 spiro atoms. The molecule has 2 rings (SSSR count). The minimum atomic E-state index is -3.79. The fourth-order valence-corrected chi connectivity index (χ4v) is 2.45. The largest absolute Gasteiger partial charge is 0.481 e. The van der Waals surface area contributed by atoms with E-state index < -0.39 is 10.0 Å². The van der Waals surface area contributed by atoms with Crippen LogP contribution in [0.5, 0.6) is 5.88 Å². The molecule has 0 bridgehead atoms. The Bertz CT molecular complexity index is 669. The first-order valence-electron chi connectivity index (χ1n) is 5.15. The summed E-state index contributed by atoms with van der Waals surface area (Å²) in [6, 6.07) is 9.91. The third-order valence-electron chi connectivity index (χ3n) is 2.45. The number of ether oxygens (including phenoxy) is 1. The fraction of sp³-hybridized carbons (Fsp3) is 0.0833. The van der Waals surface area contributed by atoms with Gasteiger partial charge in [-0.1, -0.05) is 18.2 Å². The van der Waals surface area contributed by atoms with Gasteiger partial charge in [-0.25, -0.2) is 18.5 Å². The molecule has 0 amide bonds. The highest BCUT2D eigenvalue weighted by atomic mass is 32.2. The Morgan fingerprint density at radius 1 is 1.11 bits per heavy atom. The summed E-state index contributed by atoms with van der Waals surface area (Å²) in [7, 11) is -2.31. The van der Waals surface area contributed by atoms with Crippen molar-refractivity contribution in [3.05, 3.63) is 42.6 Å². The SMILES string of the molecule is COc1ncccc1-c1ccccc1S(N)(=O)=O. The van der Waals surface area contributed by atoms with E-state index in [0.717, 1.165) is 0 Å². The molecule has 2 aromatic rings. The molecule has 1 aromatic carbocycles. The molecule has 0 unspecified atom stereocenters. The molecule has 0 saturated heterocycles. The topological polar surface area (TPSA) is 82.3 Å². The molecular formula is C12H12N2O3S. The van der Waals surface area contributed by atoms with Crippen molar-refractivity contribution in [1.29, 1.82) is 0 Å². The first-order valence-corrected chi connectivity index (χ1v) is 6.70. The summed E-state index contributed by atoms with van der Waals surface area (Å²) < 4.78 is 28.2. The predicted octanol–water partition coefficient (Wildman–Crippen LogP) is 1.40. The maximum atomic E-state index is 11.5. The van der Waals surface area contributed by atoms with Crippen LogP contribution in [0.4, 0.5) is 0 Å². The van der Waals surface area contributed by atoms with Crippen LogP contribution in [-0.2, 0) is 10.0 Å². The van der Waals surface area contributed by atoms with E-state index in [0.29, 0.717) is 17.0 Å². The van der Waals surface area contributed by atoms with Gasteiger partial charge >= 0.3 is 0 Å². The Morgan fingerprint density at radius 3 is 2.44 bits per heavy atom. The molecule has 94 valence electrons. The zero-order valence-corrected chi connectivity index (χ0v) is 10.5. The number of sulfonamides is 1. The Morgan fingerprint density at radius 2 is 1.78 bits per heavy atom. The van der Waals surface area contributed by atoms with E-state index in [1.165, 1.54) is 13.2 Å². The Balaban J connectivity index is 2.72. The first kappa shape index (κ1) is 12.5. The summed E-state index contributed by atoms with van der Waals surface area (Å²) in [6.07, 6.45) is 1.57. The van der Waals surface area contributed by atoms with Crippen molar-refractivity contribution in [3.8, 4) is 17.0 Å². The molecule has 0 aliphatic heterocycles. The zero-order valence-electron chi connectivity index (χ0n) is 9.70. The van der Waals surface area contributed by atoms with E-state index >= 15 is 0 Å². The average Bonchev–Trinajstić information content (AvgIpc) is 2.37. The van der Waals surface area contributed by atoms with Crippen LogP contribution in [0, 0.1) is 0 Å². The Kier molecular flexibility index (Phi) is 3.31. The molecule has 0 aliphatic rings. The predicted molar refractivity (Wildman–Crippen MR) is 67.6 cm³/mol. The summed E-state index contributed by atoms with van der Waals surface area (Å²) in [5.41, 5.74) is 1.06. The van der Waals surface area contributed by atoms with Crippen LogP contribution in [0.1, 0.15) is 0 Å². The van der Waals surface area contributed by atoms with Crippen molar-refractivity contribution < 1.29 is 13.2 Å². The number of pyridine rings is 1. The summed E-state index contributed by atoms with van der Waals surface area (Å²) in [6.45, 7) is 0. The van der Waals surface area contributed by atoms with Gasteiger partial charge in [0.15, 0.2) is 0 Å². The molecular weight excluding hydrogens is 252 g/mol. The number of hydrogen-bond acceptors (Lipinski definition) is 4. The van der Waals surface area contributed by atoms with Gasteiger partial charge in [-0.05, 0) is 18.2 Å². The van der Waals surface area contributed by atoms with Crippen LogP contribution in [0.3, 0.4) is 0 Å². The normalized spacial score (nSPS) is 11.2. The van der Waals surface area contributed by atoms with E-state index in [2.05, 4.69) is 4.98 Å². The maximum absolute atomic E-state index is 11.5. The number of nitrogens with two attached hydrogens (primary N) is 1. The number of nitrogens with zero attached hydrogens (tertiary/aromatic N) is 1. The Hall–Kier alpha value is -1.92. The monoisotopic (exact) mass is 264 g/mol. The maximum Gasteiger partial charge on any atom is 0.238 e. The lowest BCUT2D eigenvalue weighted by Gasteiger charge is -2.10. The van der Waals surface area contributed by atoms with Crippen molar-refractivity contribution in [3.63, 3.8) is 0 Å². The van der Waals surface area contributed by atoms with Crippen LogP contribution in [-0.4, -0.2) is 20.5 Å². The fourth-order valence-electron chi connectivity index (χ4n) is 1.70. The molecule has 0 saturated carbocycles. The summed E-state index contributed by atoms with van der Waals surface area (Å²) in [5, 5.41) is 5.20. The van der Waals surface area contributed by atoms with Gasteiger partial charge < -0.3 is 4.74 Å². The van der Waals surface area contributed by atoms with E-state index in [-0.39, 0.29) is 4.90 Å². The van der Waals surface area contributed by atoms with Crippen molar-refractivity contribution >= 4 is 10.0 Å². The van der Waals surface area contributed by atoms with Gasteiger partial charge in [0.05, 0.1) is 12.0 Å². The van der Waals surface area contributed by atoms with Gasteiger partial charge in [0, 0.05) is 17.3 Å². The van der Waals surface area contributed by atoms with Crippen molar-refractivity contribution in [1.82, 2.24) is 4.98 Å². The van der Waals surface area contributed by atoms with Crippen molar-refractivity contribution in [2.75, 3.05) is 7.11 Å². The van der Waals surface area contributed by atoms with Crippen molar-refractivity contribution in [2.24, 2.45) is 5.14 Å². The van der Waals surface area contributed by atoms with Gasteiger partial charge in [-0.15, -0.1) is 0 Å². The smallest absolute Gasteiger partial charge is 0.238 e. The molecule has 2 N–H and O–H groups in total. The van der Waals surface area contributed by atoms with Gasteiger partial charge in [0.25, 0.3) is 0 Å². The number of rotatable bonds is 3. The minimum absolute atomic E-state index is 0.0521. The molecule has 0 aliphatic carbocycles.